The zero-order chi connectivity index (χ0) is 21.2. The number of nitrogens with zero attached hydrogens (tertiary/aromatic N) is 6. The van der Waals surface area contributed by atoms with Crippen LogP contribution in [0.4, 0.5) is 16.2 Å². The van der Waals surface area contributed by atoms with Crippen LogP contribution in [0.15, 0.2) is 55.0 Å². The Morgan fingerprint density at radius 2 is 1.97 bits per heavy atom. The lowest BCUT2D eigenvalue weighted by Gasteiger charge is -2.26. The van der Waals surface area contributed by atoms with Crippen molar-refractivity contribution in [3.8, 4) is 11.3 Å². The molecule has 158 valence electrons. The summed E-state index contributed by atoms with van der Waals surface area (Å²) in [6.07, 6.45) is 7.25. The first kappa shape index (κ1) is 19.4. The second kappa shape index (κ2) is 8.27. The Balaban J connectivity index is 1.47. The first-order valence-corrected chi connectivity index (χ1v) is 10.4. The van der Waals surface area contributed by atoms with Gasteiger partial charge < -0.3 is 16.0 Å². The Hall–Kier alpha value is -3.59. The Morgan fingerprint density at radius 3 is 2.77 bits per heavy atom. The van der Waals surface area contributed by atoms with Crippen LogP contribution in [0, 0.1) is 5.82 Å². The molecule has 1 atom stereocenters. The maximum atomic E-state index is 13.8. The Morgan fingerprint density at radius 1 is 1.10 bits per heavy atom. The summed E-state index contributed by atoms with van der Waals surface area (Å²) in [7, 11) is 0. The first-order chi connectivity index (χ1) is 15.2. The van der Waals surface area contributed by atoms with Gasteiger partial charge in [0.05, 0.1) is 17.9 Å². The van der Waals surface area contributed by atoms with Crippen LogP contribution < -0.4 is 16.0 Å². The van der Waals surface area contributed by atoms with Gasteiger partial charge in [-0.2, -0.15) is 0 Å². The number of rotatable bonds is 6. The number of hydrogen-bond acceptors (Lipinski definition) is 7. The molecule has 4 aromatic rings. The number of imidazole rings is 1. The van der Waals surface area contributed by atoms with E-state index in [0.29, 0.717) is 19.0 Å². The average molecular weight is 418 g/mol. The van der Waals surface area contributed by atoms with Crippen LogP contribution in [-0.4, -0.2) is 44.2 Å². The topological polar surface area (TPSA) is 97.3 Å². The third-order valence-electron chi connectivity index (χ3n) is 5.50. The zero-order valence-corrected chi connectivity index (χ0v) is 16.9. The van der Waals surface area contributed by atoms with Crippen molar-refractivity contribution in [3.63, 3.8) is 0 Å². The lowest BCUT2D eigenvalue weighted by molar-refractivity contribution is 0.617. The molecular formula is C22H23FN8. The van der Waals surface area contributed by atoms with Gasteiger partial charge in [0.1, 0.15) is 11.6 Å². The summed E-state index contributed by atoms with van der Waals surface area (Å²) >= 11 is 0. The molecule has 1 aromatic carbocycles. The summed E-state index contributed by atoms with van der Waals surface area (Å²) < 4.78 is 15.6. The molecule has 5 rings (SSSR count). The normalized spacial score (nSPS) is 16.2. The van der Waals surface area contributed by atoms with Crippen molar-refractivity contribution < 1.29 is 4.39 Å². The molecule has 8 nitrogen and oxygen atoms in total. The molecule has 1 aliphatic rings. The van der Waals surface area contributed by atoms with E-state index in [1.807, 2.05) is 22.7 Å². The molecule has 0 amide bonds. The molecule has 31 heavy (non-hydrogen) atoms. The minimum atomic E-state index is -0.214. The second-order valence-corrected chi connectivity index (χ2v) is 7.52. The lowest BCUT2D eigenvalue weighted by Crippen LogP contribution is -2.24. The molecule has 3 aromatic heterocycles. The van der Waals surface area contributed by atoms with Gasteiger partial charge in [0, 0.05) is 37.6 Å². The molecule has 4 heterocycles. The van der Waals surface area contributed by atoms with Gasteiger partial charge in [-0.1, -0.05) is 12.1 Å². The van der Waals surface area contributed by atoms with Crippen molar-refractivity contribution in [1.82, 2.24) is 24.6 Å². The van der Waals surface area contributed by atoms with Gasteiger partial charge in [-0.05, 0) is 42.7 Å². The third kappa shape index (κ3) is 3.79. The molecular weight excluding hydrogens is 395 g/mol. The molecule has 0 radical (unpaired) electrons. The molecule has 1 fully saturated rings. The highest BCUT2D eigenvalue weighted by atomic mass is 19.1. The van der Waals surface area contributed by atoms with Gasteiger partial charge in [-0.15, -0.1) is 5.10 Å². The molecule has 1 unspecified atom stereocenters. The average Bonchev–Trinajstić information content (AvgIpc) is 3.45. The summed E-state index contributed by atoms with van der Waals surface area (Å²) in [5.41, 5.74) is 8.85. The fourth-order valence-electron chi connectivity index (χ4n) is 4.05. The van der Waals surface area contributed by atoms with Crippen molar-refractivity contribution in [2.24, 2.45) is 5.73 Å². The highest BCUT2D eigenvalue weighted by molar-refractivity contribution is 5.63. The molecule has 1 saturated heterocycles. The number of anilines is 2. The summed E-state index contributed by atoms with van der Waals surface area (Å²) in [5.74, 6) is 1.15. The van der Waals surface area contributed by atoms with E-state index in [4.69, 9.17) is 10.8 Å². The van der Waals surface area contributed by atoms with Crippen molar-refractivity contribution in [2.75, 3.05) is 29.9 Å². The van der Waals surface area contributed by atoms with E-state index >= 15 is 0 Å². The number of aromatic nitrogens is 5. The molecule has 3 N–H and O–H groups in total. The van der Waals surface area contributed by atoms with E-state index in [9.17, 15) is 4.39 Å². The number of halogens is 1. The van der Waals surface area contributed by atoms with Crippen LogP contribution in [0.25, 0.3) is 16.9 Å². The molecule has 9 heteroatoms. The fourth-order valence-corrected chi connectivity index (χ4v) is 4.05. The van der Waals surface area contributed by atoms with Crippen molar-refractivity contribution in [1.29, 1.82) is 0 Å². The number of benzene rings is 1. The molecule has 0 bridgehead atoms. The second-order valence-electron chi connectivity index (χ2n) is 7.52. The molecule has 0 spiro atoms. The van der Waals surface area contributed by atoms with Crippen molar-refractivity contribution >= 4 is 17.4 Å². The summed E-state index contributed by atoms with van der Waals surface area (Å²) in [5, 5.41) is 7.92. The van der Waals surface area contributed by atoms with Crippen LogP contribution in [0.3, 0.4) is 0 Å². The van der Waals surface area contributed by atoms with Gasteiger partial charge in [-0.3, -0.25) is 0 Å². The Labute approximate surface area is 179 Å². The molecule has 0 aliphatic carbocycles. The Bertz CT molecular complexity index is 1190. The number of fused-ring (bicyclic) bond motifs is 1. The van der Waals surface area contributed by atoms with Crippen molar-refractivity contribution in [2.45, 2.75) is 18.9 Å². The number of nitrogens with one attached hydrogen (secondary N) is 1. The van der Waals surface area contributed by atoms with Gasteiger partial charge in [0.2, 0.25) is 5.95 Å². The first-order valence-electron chi connectivity index (χ1n) is 10.4. The summed E-state index contributed by atoms with van der Waals surface area (Å²) in [6.45, 7) is 1.99. The highest BCUT2D eigenvalue weighted by Crippen LogP contribution is 2.35. The van der Waals surface area contributed by atoms with Crippen LogP contribution in [0.1, 0.15) is 24.4 Å². The standard InChI is InChI=1S/C22H23FN8/c23-17-4-1-3-15(11-17)18-5-2-10-30(18)21-7-6-20-26-14-19(31(20)29-21)16-12-27-22(28-13-16)25-9-8-24/h1,3-4,6-7,11-14,18H,2,5,8-10,24H2,(H,25,27,28). The molecule has 0 saturated carbocycles. The predicted molar refractivity (Wildman–Crippen MR) is 117 cm³/mol. The molecule has 1 aliphatic heterocycles. The van der Waals surface area contributed by atoms with E-state index in [2.05, 4.69) is 25.2 Å². The van der Waals surface area contributed by atoms with E-state index in [1.165, 1.54) is 6.07 Å². The Kier molecular flexibility index (Phi) is 5.17. The monoisotopic (exact) mass is 418 g/mol. The van der Waals surface area contributed by atoms with E-state index in [-0.39, 0.29) is 11.9 Å². The summed E-state index contributed by atoms with van der Waals surface area (Å²) in [6, 6.07) is 10.8. The quantitative estimate of drug-likeness (QED) is 0.497. The van der Waals surface area contributed by atoms with Gasteiger partial charge in [0.15, 0.2) is 5.65 Å². The SMILES string of the molecule is NCCNc1ncc(-c2cnc3ccc(N4CCCC4c4cccc(F)c4)nn23)cn1. The van der Waals surface area contributed by atoms with Crippen LogP contribution in [0.2, 0.25) is 0 Å². The number of nitrogens with two attached hydrogens (primary N) is 1. The summed E-state index contributed by atoms with van der Waals surface area (Å²) in [4.78, 5) is 15.4. The minimum absolute atomic E-state index is 0.101. The maximum Gasteiger partial charge on any atom is 0.222 e. The van der Waals surface area contributed by atoms with Crippen LogP contribution in [0.5, 0.6) is 0 Å². The zero-order valence-electron chi connectivity index (χ0n) is 16.9. The van der Waals surface area contributed by atoms with E-state index in [1.54, 1.807) is 30.7 Å². The maximum absolute atomic E-state index is 13.8. The lowest BCUT2D eigenvalue weighted by atomic mass is 10.0. The van der Waals surface area contributed by atoms with Gasteiger partial charge in [0.25, 0.3) is 0 Å². The highest BCUT2D eigenvalue weighted by Gasteiger charge is 2.28. The van der Waals surface area contributed by atoms with Crippen LogP contribution >= 0.6 is 0 Å². The van der Waals surface area contributed by atoms with E-state index in [0.717, 1.165) is 47.7 Å². The van der Waals surface area contributed by atoms with Crippen molar-refractivity contribution in [3.05, 3.63) is 66.4 Å². The third-order valence-corrected chi connectivity index (χ3v) is 5.50. The number of hydrogen-bond donors (Lipinski definition) is 2. The van der Waals surface area contributed by atoms with Gasteiger partial charge in [-0.25, -0.2) is 23.9 Å². The van der Waals surface area contributed by atoms with Crippen LogP contribution in [-0.2, 0) is 0 Å². The smallest absolute Gasteiger partial charge is 0.222 e. The fraction of sp³-hybridized carbons (Fsp3) is 0.273. The predicted octanol–water partition coefficient (Wildman–Crippen LogP) is 3.04. The minimum Gasteiger partial charge on any atom is -0.353 e. The van der Waals surface area contributed by atoms with E-state index < -0.39 is 0 Å². The van der Waals surface area contributed by atoms with Gasteiger partial charge >= 0.3 is 0 Å². The largest absolute Gasteiger partial charge is 0.353 e.